The Morgan fingerprint density at radius 2 is 1.58 bits per heavy atom. The Bertz CT molecular complexity index is 154. The summed E-state index contributed by atoms with van der Waals surface area (Å²) in [5, 5.41) is 0. The van der Waals surface area contributed by atoms with E-state index in [1.807, 2.05) is 0 Å². The van der Waals surface area contributed by atoms with Crippen LogP contribution in [0.1, 0.15) is 46.5 Å². The third-order valence-electron chi connectivity index (χ3n) is 4.07. The number of hydrogen-bond acceptors (Lipinski definition) is 2. The highest BCUT2D eigenvalue weighted by Crippen LogP contribution is 2.69. The van der Waals surface area contributed by atoms with E-state index in [9.17, 15) is 0 Å². The molecule has 1 saturated carbocycles. The molecule has 1 fully saturated rings. The third-order valence-corrected chi connectivity index (χ3v) is 4.07. The summed E-state index contributed by atoms with van der Waals surface area (Å²) in [6.45, 7) is 7.53. The predicted octanol–water partition coefficient (Wildman–Crippen LogP) is 2.48. The molecule has 1 aliphatic carbocycles. The van der Waals surface area contributed by atoms with Crippen molar-refractivity contribution in [3.8, 4) is 0 Å². The minimum atomic E-state index is 0.408. The van der Waals surface area contributed by atoms with E-state index in [0.29, 0.717) is 10.8 Å². The molecule has 0 aromatic heterocycles. The summed E-state index contributed by atoms with van der Waals surface area (Å²) < 4.78 is 0. The number of hydrogen-bond donors (Lipinski definition) is 1. The van der Waals surface area contributed by atoms with Crippen LogP contribution in [0.4, 0.5) is 0 Å². The first-order chi connectivity index (χ1) is 5.70. The van der Waals surface area contributed by atoms with E-state index in [-0.39, 0.29) is 0 Å². The second kappa shape index (κ2) is 3.35. The van der Waals surface area contributed by atoms with Gasteiger partial charge in [-0.3, -0.25) is 0 Å². The first-order valence-corrected chi connectivity index (χ1v) is 5.02. The van der Waals surface area contributed by atoms with Gasteiger partial charge in [0.15, 0.2) is 0 Å². The quantitative estimate of drug-likeness (QED) is 0.645. The summed E-state index contributed by atoms with van der Waals surface area (Å²) in [6.07, 6.45) is 5.04. The molecule has 2 N–H and O–H groups in total. The van der Waals surface area contributed by atoms with Crippen molar-refractivity contribution in [3.05, 3.63) is 0 Å². The summed E-state index contributed by atoms with van der Waals surface area (Å²) in [5.74, 6) is 5.16. The normalized spacial score (nSPS) is 32.0. The molecule has 1 atom stereocenters. The lowest BCUT2D eigenvalue weighted by Crippen LogP contribution is -2.20. The minimum absolute atomic E-state index is 0.408. The van der Waals surface area contributed by atoms with Gasteiger partial charge in [0.05, 0.1) is 6.61 Å². The molecular formula is C10H21NO. The molecule has 1 rings (SSSR count). The third kappa shape index (κ3) is 1.17. The molecule has 0 spiro atoms. The van der Waals surface area contributed by atoms with Crippen LogP contribution in [0.5, 0.6) is 0 Å². The zero-order valence-corrected chi connectivity index (χ0v) is 8.52. The van der Waals surface area contributed by atoms with Crippen molar-refractivity contribution in [2.75, 3.05) is 6.61 Å². The maximum absolute atomic E-state index is 5.16. The van der Waals surface area contributed by atoms with E-state index in [2.05, 4.69) is 20.8 Å². The van der Waals surface area contributed by atoms with E-state index in [0.717, 1.165) is 6.61 Å². The molecular weight excluding hydrogens is 150 g/mol. The fourth-order valence-electron chi connectivity index (χ4n) is 2.82. The maximum Gasteiger partial charge on any atom is 0.0740 e. The molecule has 1 unspecified atom stereocenters. The van der Waals surface area contributed by atoms with Crippen molar-refractivity contribution in [1.29, 1.82) is 0 Å². The lowest BCUT2D eigenvalue weighted by Gasteiger charge is -2.21. The molecule has 0 bridgehead atoms. The Hall–Kier alpha value is -0.0800. The van der Waals surface area contributed by atoms with Crippen LogP contribution in [-0.4, -0.2) is 6.61 Å². The van der Waals surface area contributed by atoms with Crippen molar-refractivity contribution in [2.24, 2.45) is 16.7 Å². The van der Waals surface area contributed by atoms with Crippen molar-refractivity contribution in [2.45, 2.75) is 46.5 Å². The second-order valence-corrected chi connectivity index (χ2v) is 4.11. The van der Waals surface area contributed by atoms with Gasteiger partial charge in [-0.25, -0.2) is 5.90 Å². The smallest absolute Gasteiger partial charge is 0.0740 e. The van der Waals surface area contributed by atoms with Crippen LogP contribution in [0, 0.1) is 10.8 Å². The van der Waals surface area contributed by atoms with Gasteiger partial charge in [0, 0.05) is 5.41 Å². The molecule has 0 saturated heterocycles. The van der Waals surface area contributed by atoms with Crippen molar-refractivity contribution < 1.29 is 4.84 Å². The van der Waals surface area contributed by atoms with Gasteiger partial charge in [-0.05, 0) is 31.1 Å². The van der Waals surface area contributed by atoms with Gasteiger partial charge < -0.3 is 4.84 Å². The number of rotatable bonds is 5. The van der Waals surface area contributed by atoms with Crippen LogP contribution in [-0.2, 0) is 4.84 Å². The van der Waals surface area contributed by atoms with Crippen LogP contribution in [0.15, 0.2) is 0 Å². The minimum Gasteiger partial charge on any atom is -0.304 e. The van der Waals surface area contributed by atoms with Gasteiger partial charge >= 0.3 is 0 Å². The summed E-state index contributed by atoms with van der Waals surface area (Å²) in [5.41, 5.74) is 0.951. The average Bonchev–Trinajstić information content (AvgIpc) is 2.76. The highest BCUT2D eigenvalue weighted by molar-refractivity contribution is 5.12. The van der Waals surface area contributed by atoms with E-state index in [4.69, 9.17) is 10.7 Å². The van der Waals surface area contributed by atoms with E-state index < -0.39 is 0 Å². The van der Waals surface area contributed by atoms with Crippen molar-refractivity contribution in [3.63, 3.8) is 0 Å². The highest BCUT2D eigenvalue weighted by atomic mass is 16.6. The van der Waals surface area contributed by atoms with E-state index in [1.54, 1.807) is 0 Å². The molecule has 72 valence electrons. The molecule has 12 heavy (non-hydrogen) atoms. The molecule has 0 aromatic carbocycles. The molecule has 2 nitrogen and oxygen atoms in total. The molecule has 0 aromatic rings. The molecule has 1 aliphatic rings. The van der Waals surface area contributed by atoms with Gasteiger partial charge in [-0.15, -0.1) is 0 Å². The molecule has 0 heterocycles. The highest BCUT2D eigenvalue weighted by Gasteiger charge is 2.63. The fraction of sp³-hybridized carbons (Fsp3) is 1.00. The lowest BCUT2D eigenvalue weighted by atomic mass is 9.87. The van der Waals surface area contributed by atoms with E-state index >= 15 is 0 Å². The van der Waals surface area contributed by atoms with Crippen LogP contribution < -0.4 is 5.90 Å². The maximum atomic E-state index is 5.16. The number of nitrogens with two attached hydrogens (primary N) is 1. The van der Waals surface area contributed by atoms with Crippen LogP contribution >= 0.6 is 0 Å². The fourth-order valence-corrected chi connectivity index (χ4v) is 2.82. The average molecular weight is 171 g/mol. The largest absolute Gasteiger partial charge is 0.304 e. The Morgan fingerprint density at radius 3 is 1.83 bits per heavy atom. The van der Waals surface area contributed by atoms with Gasteiger partial charge in [-0.2, -0.15) is 0 Å². The van der Waals surface area contributed by atoms with E-state index in [1.165, 1.54) is 25.7 Å². The summed E-state index contributed by atoms with van der Waals surface area (Å²) in [4.78, 5) is 4.82. The van der Waals surface area contributed by atoms with Gasteiger partial charge in [0.1, 0.15) is 0 Å². The Balaban J connectivity index is 2.62. The Morgan fingerprint density at radius 1 is 1.08 bits per heavy atom. The lowest BCUT2D eigenvalue weighted by molar-refractivity contribution is 0.0679. The zero-order chi connectivity index (χ0) is 9.24. The first kappa shape index (κ1) is 10.0. The monoisotopic (exact) mass is 171 g/mol. The Kier molecular flexibility index (Phi) is 2.79. The topological polar surface area (TPSA) is 35.2 Å². The first-order valence-electron chi connectivity index (χ1n) is 5.02. The van der Waals surface area contributed by atoms with Crippen LogP contribution in [0.3, 0.4) is 0 Å². The summed E-state index contributed by atoms with van der Waals surface area (Å²) in [6, 6.07) is 0. The van der Waals surface area contributed by atoms with Crippen molar-refractivity contribution >= 4 is 0 Å². The predicted molar refractivity (Wildman–Crippen MR) is 50.5 cm³/mol. The summed E-state index contributed by atoms with van der Waals surface area (Å²) in [7, 11) is 0. The second-order valence-electron chi connectivity index (χ2n) is 4.11. The zero-order valence-electron chi connectivity index (χ0n) is 8.52. The standard InChI is InChI=1S/C10H21NO/c1-4-9(5-2)7-10(9,6-3)8-12-11/h4-8,11H2,1-3H3. The molecule has 0 aliphatic heterocycles. The van der Waals surface area contributed by atoms with Crippen LogP contribution in [0.25, 0.3) is 0 Å². The van der Waals surface area contributed by atoms with Crippen molar-refractivity contribution in [1.82, 2.24) is 0 Å². The van der Waals surface area contributed by atoms with Crippen LogP contribution in [0.2, 0.25) is 0 Å². The van der Waals surface area contributed by atoms with Gasteiger partial charge in [0.25, 0.3) is 0 Å². The summed E-state index contributed by atoms with van der Waals surface area (Å²) >= 11 is 0. The molecule has 0 amide bonds. The molecule has 0 radical (unpaired) electrons. The van der Waals surface area contributed by atoms with Gasteiger partial charge in [-0.1, -0.05) is 20.8 Å². The Labute approximate surface area is 75.4 Å². The van der Waals surface area contributed by atoms with Gasteiger partial charge in [0.2, 0.25) is 0 Å². The SMILES string of the molecule is CCC1(CC)CC1(CC)CON. The molecule has 2 heteroatoms.